The van der Waals surface area contributed by atoms with Crippen molar-refractivity contribution in [2.75, 3.05) is 19.8 Å². The molecule has 0 aromatic carbocycles. The third-order valence-electron chi connectivity index (χ3n) is 12.4. The van der Waals surface area contributed by atoms with E-state index in [2.05, 4.69) is 79.9 Å². The molecular weight excluding hydrogens is 871 g/mol. The van der Waals surface area contributed by atoms with Gasteiger partial charge in [0.05, 0.1) is 32.0 Å². The molecule has 12 atom stereocenters. The number of rotatable bonds is 39. The lowest BCUT2D eigenvalue weighted by Gasteiger charge is -2.46. The molecule has 0 aliphatic carbocycles. The molecular formula is C54H93NO13. The van der Waals surface area contributed by atoms with Gasteiger partial charge in [-0.3, -0.25) is 4.79 Å². The number of unbranched alkanes of at least 4 members (excludes halogenated alkanes) is 16. The van der Waals surface area contributed by atoms with Gasteiger partial charge in [0.15, 0.2) is 12.6 Å². The molecule has 2 rings (SSSR count). The smallest absolute Gasteiger partial charge is 0.220 e. The van der Waals surface area contributed by atoms with Crippen LogP contribution in [0.5, 0.6) is 0 Å². The summed E-state index contributed by atoms with van der Waals surface area (Å²) in [5, 5.41) is 86.7. The van der Waals surface area contributed by atoms with Gasteiger partial charge in [-0.2, -0.15) is 0 Å². The van der Waals surface area contributed by atoms with Crippen LogP contribution in [0.1, 0.15) is 168 Å². The number of carbonyl (C=O) groups is 1. The standard InChI is InChI=1S/C54H93NO13/c1-3-5-7-9-11-13-15-16-17-18-19-20-21-22-23-24-25-26-28-30-32-34-36-38-46(59)55-42(43(58)37-35-33-31-29-27-14-12-10-8-6-4-2)41-65-53-51(64)49(62)52(45(40-57)67-53)68-54-50(63)48(61)47(60)44(39-56)66-54/h5,7,11,13,16-17,19-20,27,29,35,37,42-45,47-54,56-58,60-64H,3-4,6,8-10,12,14-15,18,21-26,28,30-34,36,38-41H2,1-2H3,(H,55,59)/b7-5-,13-11-,17-16-,20-19-,29-27+,37-35+. The fourth-order valence-electron chi connectivity index (χ4n) is 8.12. The van der Waals surface area contributed by atoms with Crippen LogP contribution >= 0.6 is 0 Å². The van der Waals surface area contributed by atoms with Gasteiger partial charge >= 0.3 is 0 Å². The van der Waals surface area contributed by atoms with Crippen molar-refractivity contribution in [2.45, 2.75) is 242 Å². The zero-order chi connectivity index (χ0) is 49.6. The van der Waals surface area contributed by atoms with Gasteiger partial charge in [0.25, 0.3) is 0 Å². The summed E-state index contributed by atoms with van der Waals surface area (Å²) < 4.78 is 22.7. The lowest BCUT2D eigenvalue weighted by Crippen LogP contribution is -2.65. The second-order valence-electron chi connectivity index (χ2n) is 18.3. The fraction of sp³-hybridized carbons (Fsp3) is 0.759. The van der Waals surface area contributed by atoms with E-state index >= 15 is 0 Å². The van der Waals surface area contributed by atoms with Crippen LogP contribution in [0, 0.1) is 0 Å². The normalized spacial score (nSPS) is 27.0. The van der Waals surface area contributed by atoms with Crippen molar-refractivity contribution in [3.05, 3.63) is 72.9 Å². The predicted molar refractivity (Wildman–Crippen MR) is 267 cm³/mol. The summed E-state index contributed by atoms with van der Waals surface area (Å²) >= 11 is 0. The molecule has 392 valence electrons. The molecule has 0 aromatic heterocycles. The number of allylic oxidation sites excluding steroid dienone is 11. The number of aliphatic hydroxyl groups excluding tert-OH is 8. The third-order valence-corrected chi connectivity index (χ3v) is 12.4. The highest BCUT2D eigenvalue weighted by Gasteiger charge is 2.51. The lowest BCUT2D eigenvalue weighted by molar-refractivity contribution is -0.359. The molecule has 0 saturated carbocycles. The Labute approximate surface area is 408 Å². The van der Waals surface area contributed by atoms with Gasteiger partial charge in [0.1, 0.15) is 48.8 Å². The minimum absolute atomic E-state index is 0.260. The molecule has 2 heterocycles. The number of nitrogens with one attached hydrogen (secondary N) is 1. The van der Waals surface area contributed by atoms with Crippen LogP contribution in [0.2, 0.25) is 0 Å². The molecule has 68 heavy (non-hydrogen) atoms. The summed E-state index contributed by atoms with van der Waals surface area (Å²) in [5.74, 6) is -0.260. The quantitative estimate of drug-likeness (QED) is 0.0220. The Balaban J connectivity index is 1.78. The van der Waals surface area contributed by atoms with Crippen LogP contribution in [0.25, 0.3) is 0 Å². The first-order valence-electron chi connectivity index (χ1n) is 26.2. The van der Waals surface area contributed by atoms with E-state index in [9.17, 15) is 45.6 Å². The molecule has 0 radical (unpaired) electrons. The Bertz CT molecular complexity index is 1420. The van der Waals surface area contributed by atoms with E-state index in [0.717, 1.165) is 64.2 Å². The number of carbonyl (C=O) groups excluding carboxylic acids is 1. The molecule has 9 N–H and O–H groups in total. The van der Waals surface area contributed by atoms with Crippen molar-refractivity contribution in [1.29, 1.82) is 0 Å². The number of ether oxygens (including phenoxy) is 4. The molecule has 14 heteroatoms. The molecule has 2 aliphatic heterocycles. The van der Waals surface area contributed by atoms with E-state index in [1.807, 2.05) is 6.08 Å². The maximum Gasteiger partial charge on any atom is 0.220 e. The first-order valence-corrected chi connectivity index (χ1v) is 26.2. The summed E-state index contributed by atoms with van der Waals surface area (Å²) in [7, 11) is 0. The van der Waals surface area contributed by atoms with Crippen molar-refractivity contribution >= 4 is 5.91 Å². The fourth-order valence-corrected chi connectivity index (χ4v) is 8.12. The zero-order valence-electron chi connectivity index (χ0n) is 41.6. The van der Waals surface area contributed by atoms with Crippen LogP contribution < -0.4 is 5.32 Å². The average Bonchev–Trinajstić information content (AvgIpc) is 3.34. The van der Waals surface area contributed by atoms with Gasteiger partial charge < -0.3 is 65.1 Å². The topological polar surface area (TPSA) is 228 Å². The van der Waals surface area contributed by atoms with Crippen LogP contribution in [-0.4, -0.2) is 140 Å². The molecule has 14 nitrogen and oxygen atoms in total. The molecule has 2 saturated heterocycles. The second-order valence-corrected chi connectivity index (χ2v) is 18.3. The molecule has 1 amide bonds. The maximum atomic E-state index is 13.2. The zero-order valence-corrected chi connectivity index (χ0v) is 41.6. The Kier molecular flexibility index (Phi) is 36.3. The van der Waals surface area contributed by atoms with Gasteiger partial charge in [0.2, 0.25) is 5.91 Å². The molecule has 2 fully saturated rings. The third kappa shape index (κ3) is 26.6. The Morgan fingerprint density at radius 2 is 1.03 bits per heavy atom. The van der Waals surface area contributed by atoms with E-state index in [4.69, 9.17) is 18.9 Å². The molecule has 0 aromatic rings. The molecule has 0 spiro atoms. The Morgan fingerprint density at radius 3 is 1.62 bits per heavy atom. The SMILES string of the molecule is CC/C=C\C/C=C\C/C=C\C/C=C\CCCCCCCCCCCCC(=O)NC(COC1OC(CO)C(OC2OC(CO)C(O)C(O)C2O)C(O)C1O)C(O)/C=C/CC/C=C/CCCCCCC. The van der Waals surface area contributed by atoms with Crippen molar-refractivity contribution < 1.29 is 64.6 Å². The van der Waals surface area contributed by atoms with Crippen molar-refractivity contribution in [2.24, 2.45) is 0 Å². The van der Waals surface area contributed by atoms with Crippen molar-refractivity contribution in [1.82, 2.24) is 5.32 Å². The van der Waals surface area contributed by atoms with Crippen molar-refractivity contribution in [3.8, 4) is 0 Å². The minimum atomic E-state index is -1.79. The summed E-state index contributed by atoms with van der Waals surface area (Å²) in [4.78, 5) is 13.2. The molecule has 12 unspecified atom stereocenters. The van der Waals surface area contributed by atoms with E-state index in [1.54, 1.807) is 6.08 Å². The number of hydrogen-bond donors (Lipinski definition) is 9. The first kappa shape index (κ1) is 61.5. The highest BCUT2D eigenvalue weighted by atomic mass is 16.7. The summed E-state index contributed by atoms with van der Waals surface area (Å²) in [6.07, 6.45) is 33.8. The van der Waals surface area contributed by atoms with Crippen molar-refractivity contribution in [3.63, 3.8) is 0 Å². The van der Waals surface area contributed by atoms with Gasteiger partial charge in [0, 0.05) is 6.42 Å². The van der Waals surface area contributed by atoms with Crippen LogP contribution in [0.15, 0.2) is 72.9 Å². The Hall–Kier alpha value is -2.57. The molecule has 0 bridgehead atoms. The minimum Gasteiger partial charge on any atom is -0.394 e. The van der Waals surface area contributed by atoms with Crippen LogP contribution in [0.3, 0.4) is 0 Å². The Morgan fingerprint density at radius 1 is 0.544 bits per heavy atom. The molecule has 2 aliphatic rings. The summed E-state index contributed by atoms with van der Waals surface area (Å²) in [6, 6.07) is -0.935. The monoisotopic (exact) mass is 964 g/mol. The van der Waals surface area contributed by atoms with E-state index in [1.165, 1.54) is 70.6 Å². The van der Waals surface area contributed by atoms with Gasteiger partial charge in [-0.1, -0.05) is 164 Å². The van der Waals surface area contributed by atoms with Crippen LogP contribution in [-0.2, 0) is 23.7 Å². The van der Waals surface area contributed by atoms with Gasteiger partial charge in [-0.15, -0.1) is 0 Å². The summed E-state index contributed by atoms with van der Waals surface area (Å²) in [6.45, 7) is 2.60. The van der Waals surface area contributed by atoms with E-state index in [0.29, 0.717) is 12.8 Å². The first-order chi connectivity index (χ1) is 33.1. The second kappa shape index (κ2) is 40.1. The van der Waals surface area contributed by atoms with E-state index < -0.39 is 86.8 Å². The number of aliphatic hydroxyl groups is 8. The number of hydrogen-bond acceptors (Lipinski definition) is 13. The lowest BCUT2D eigenvalue weighted by atomic mass is 9.97. The predicted octanol–water partition coefficient (Wildman–Crippen LogP) is 7.21. The maximum absolute atomic E-state index is 13.2. The van der Waals surface area contributed by atoms with Gasteiger partial charge in [-0.25, -0.2) is 0 Å². The average molecular weight is 964 g/mol. The van der Waals surface area contributed by atoms with Crippen LogP contribution in [0.4, 0.5) is 0 Å². The highest BCUT2D eigenvalue weighted by molar-refractivity contribution is 5.76. The number of amides is 1. The van der Waals surface area contributed by atoms with Gasteiger partial charge in [-0.05, 0) is 70.6 Å². The highest BCUT2D eigenvalue weighted by Crippen LogP contribution is 2.30. The van der Waals surface area contributed by atoms with E-state index in [-0.39, 0.29) is 18.9 Å². The largest absolute Gasteiger partial charge is 0.394 e. The summed E-state index contributed by atoms with van der Waals surface area (Å²) in [5.41, 5.74) is 0.